The van der Waals surface area contributed by atoms with Crippen LogP contribution in [0.1, 0.15) is 55.4 Å². The summed E-state index contributed by atoms with van der Waals surface area (Å²) in [6.45, 7) is 12.8. The van der Waals surface area contributed by atoms with Gasteiger partial charge in [0, 0.05) is 0 Å². The first-order valence-electron chi connectivity index (χ1n) is 13.4. The minimum atomic E-state index is -1.64. The van der Waals surface area contributed by atoms with Gasteiger partial charge in [0.2, 0.25) is 11.2 Å². The van der Waals surface area contributed by atoms with Crippen LogP contribution in [0.4, 0.5) is 9.59 Å². The molecule has 0 aliphatic carbocycles. The van der Waals surface area contributed by atoms with Gasteiger partial charge in [0.1, 0.15) is 25.4 Å². The van der Waals surface area contributed by atoms with Crippen molar-refractivity contribution in [1.29, 1.82) is 0 Å². The quantitative estimate of drug-likeness (QED) is 0.122. The van der Waals surface area contributed by atoms with E-state index in [0.29, 0.717) is 0 Å². The van der Waals surface area contributed by atoms with E-state index in [1.807, 2.05) is 20.8 Å². The highest BCUT2D eigenvalue weighted by molar-refractivity contribution is 7.17. The normalized spacial score (nSPS) is 23.8. The fourth-order valence-corrected chi connectivity index (χ4v) is 4.06. The number of hydrogen-bond donors (Lipinski definition) is 0. The molecule has 41 heavy (non-hydrogen) atoms. The van der Waals surface area contributed by atoms with E-state index in [4.69, 9.17) is 47.4 Å². The Morgan fingerprint density at radius 1 is 0.780 bits per heavy atom. The van der Waals surface area contributed by atoms with E-state index in [2.05, 4.69) is 9.24 Å². The van der Waals surface area contributed by atoms with Crippen LogP contribution in [0.3, 0.4) is 0 Å². The number of rotatable bonds is 14. The highest BCUT2D eigenvalue weighted by Gasteiger charge is 2.52. The molecular formula is C26H43O14P. The van der Waals surface area contributed by atoms with Crippen LogP contribution in [0.2, 0.25) is 0 Å². The molecule has 0 aromatic carbocycles. The summed E-state index contributed by atoms with van der Waals surface area (Å²) in [5.41, 5.74) is -3.25. The highest BCUT2D eigenvalue weighted by atomic mass is 31.0. The summed E-state index contributed by atoms with van der Waals surface area (Å²) in [6, 6.07) is 0. The first-order valence-corrected chi connectivity index (χ1v) is 14.1. The van der Waals surface area contributed by atoms with Crippen molar-refractivity contribution in [2.24, 2.45) is 0 Å². The van der Waals surface area contributed by atoms with Gasteiger partial charge in [0.25, 0.3) is 0 Å². The van der Waals surface area contributed by atoms with Crippen molar-refractivity contribution in [1.82, 2.24) is 0 Å². The fraction of sp³-hybridized carbons (Fsp3) is 0.846. The first kappa shape index (κ1) is 34.9. The standard InChI is InChI=1S/C26H43O14P/c1-14(2)31-9-10-32-21(27)25(5,6)39-23(29)37-17-12-33-20-18(13-34-19(17)20)38-24(30)40-26(7,8)22(28)35-11-15(3)36-16(4)41/h14-20H,9-13,41H2,1-8H3. The third kappa shape index (κ3) is 11.2. The molecule has 2 fully saturated rings. The Kier molecular flexibility index (Phi) is 13.0. The Balaban J connectivity index is 1.80. The molecule has 0 saturated carbocycles. The minimum absolute atomic E-state index is 0.000863. The molecule has 2 rings (SSSR count). The van der Waals surface area contributed by atoms with Crippen molar-refractivity contribution in [3.8, 4) is 0 Å². The molecule has 2 aliphatic heterocycles. The van der Waals surface area contributed by atoms with Crippen molar-refractivity contribution >= 4 is 33.5 Å². The molecule has 7 atom stereocenters. The summed E-state index contributed by atoms with van der Waals surface area (Å²) < 4.78 is 53.3. The third-order valence-electron chi connectivity index (χ3n) is 5.78. The van der Waals surface area contributed by atoms with Crippen LogP contribution < -0.4 is 0 Å². The Bertz CT molecular complexity index is 905. The average Bonchev–Trinajstić information content (AvgIpc) is 3.41. The molecule has 2 aliphatic rings. The summed E-state index contributed by atoms with van der Waals surface area (Å²) in [6.07, 6.45) is -5.93. The topological polar surface area (TPSA) is 161 Å². The van der Waals surface area contributed by atoms with Gasteiger partial charge in [-0.05, 0) is 55.4 Å². The molecule has 0 N–H and O–H groups in total. The van der Waals surface area contributed by atoms with Crippen molar-refractivity contribution in [3.05, 3.63) is 0 Å². The van der Waals surface area contributed by atoms with Gasteiger partial charge in [-0.2, -0.15) is 0 Å². The highest BCUT2D eigenvalue weighted by Crippen LogP contribution is 2.31. The lowest BCUT2D eigenvalue weighted by molar-refractivity contribution is -0.169. The van der Waals surface area contributed by atoms with Crippen LogP contribution >= 0.6 is 9.24 Å². The fourth-order valence-electron chi connectivity index (χ4n) is 3.79. The first-order chi connectivity index (χ1) is 19.0. The Morgan fingerprint density at radius 2 is 1.24 bits per heavy atom. The Hall–Kier alpha value is -2.25. The summed E-state index contributed by atoms with van der Waals surface area (Å²) in [7, 11) is 2.47. The van der Waals surface area contributed by atoms with Gasteiger partial charge in [-0.15, -0.1) is 9.24 Å². The van der Waals surface area contributed by atoms with Crippen LogP contribution in [-0.4, -0.2) is 111 Å². The second kappa shape index (κ2) is 15.3. The van der Waals surface area contributed by atoms with Crippen LogP contribution in [0, 0.1) is 0 Å². The zero-order chi connectivity index (χ0) is 31.0. The molecule has 0 bridgehead atoms. The number of hydrogen-bond acceptors (Lipinski definition) is 14. The molecule has 2 heterocycles. The molecule has 15 heteroatoms. The maximum Gasteiger partial charge on any atom is 0.509 e. The van der Waals surface area contributed by atoms with Gasteiger partial charge in [-0.1, -0.05) is 0 Å². The van der Waals surface area contributed by atoms with Gasteiger partial charge in [-0.25, -0.2) is 19.2 Å². The van der Waals surface area contributed by atoms with E-state index in [1.165, 1.54) is 27.7 Å². The molecule has 0 aromatic rings. The second-order valence-electron chi connectivity index (χ2n) is 10.9. The van der Waals surface area contributed by atoms with Crippen LogP contribution in [0.25, 0.3) is 0 Å². The largest absolute Gasteiger partial charge is 0.509 e. The lowest BCUT2D eigenvalue weighted by Crippen LogP contribution is -2.42. The van der Waals surface area contributed by atoms with Gasteiger partial charge >= 0.3 is 24.2 Å². The van der Waals surface area contributed by atoms with Crippen LogP contribution in [0.5, 0.6) is 0 Å². The second-order valence-corrected chi connectivity index (χ2v) is 11.9. The van der Waals surface area contributed by atoms with Crippen molar-refractivity contribution in [2.75, 3.05) is 33.0 Å². The summed E-state index contributed by atoms with van der Waals surface area (Å²) in [5, 5.41) is 0. The van der Waals surface area contributed by atoms with E-state index in [-0.39, 0.29) is 51.1 Å². The van der Waals surface area contributed by atoms with Crippen molar-refractivity contribution < 1.29 is 66.5 Å². The van der Waals surface area contributed by atoms with Crippen LogP contribution in [-0.2, 0) is 57.0 Å². The Morgan fingerprint density at radius 3 is 1.68 bits per heavy atom. The van der Waals surface area contributed by atoms with E-state index in [0.717, 1.165) is 0 Å². The summed E-state index contributed by atoms with van der Waals surface area (Å²) in [4.78, 5) is 49.6. The SMILES string of the molecule is CC(C)OCCOC(=O)C(C)(C)OC(=O)OC1COC2C(OC(=O)OC(C)(C)C(=O)OCC(C)OC(C)P)COC12. The smallest absolute Gasteiger partial charge is 0.460 e. The number of ether oxygens (including phenoxy) is 10. The summed E-state index contributed by atoms with van der Waals surface area (Å²) in [5.74, 6) is -1.66. The van der Waals surface area contributed by atoms with Gasteiger partial charge in [-0.3, -0.25) is 0 Å². The minimum Gasteiger partial charge on any atom is -0.460 e. The predicted molar refractivity (Wildman–Crippen MR) is 143 cm³/mol. The predicted octanol–water partition coefficient (Wildman–Crippen LogP) is 2.52. The third-order valence-corrected chi connectivity index (χ3v) is 5.94. The number of carbonyl (C=O) groups excluding carboxylic acids is 4. The monoisotopic (exact) mass is 610 g/mol. The molecular weight excluding hydrogens is 567 g/mol. The Labute approximate surface area is 242 Å². The van der Waals surface area contributed by atoms with Crippen LogP contribution in [0.15, 0.2) is 0 Å². The van der Waals surface area contributed by atoms with E-state index < -0.39 is 59.9 Å². The van der Waals surface area contributed by atoms with E-state index >= 15 is 0 Å². The zero-order valence-electron chi connectivity index (χ0n) is 24.9. The lowest BCUT2D eigenvalue weighted by atomic mass is 10.1. The molecule has 236 valence electrons. The van der Waals surface area contributed by atoms with Gasteiger partial charge in [0.15, 0.2) is 12.2 Å². The van der Waals surface area contributed by atoms with Crippen molar-refractivity contribution in [3.63, 3.8) is 0 Å². The lowest BCUT2D eigenvalue weighted by Gasteiger charge is -2.25. The molecule has 0 amide bonds. The molecule has 7 unspecified atom stereocenters. The number of carbonyl (C=O) groups is 4. The molecule has 0 spiro atoms. The summed E-state index contributed by atoms with van der Waals surface area (Å²) >= 11 is 0. The average molecular weight is 611 g/mol. The maximum atomic E-state index is 12.5. The molecule has 0 radical (unpaired) electrons. The molecule has 0 aromatic heterocycles. The van der Waals surface area contributed by atoms with E-state index in [9.17, 15) is 19.2 Å². The van der Waals surface area contributed by atoms with Crippen molar-refractivity contribution in [2.45, 2.75) is 109 Å². The van der Waals surface area contributed by atoms with E-state index in [1.54, 1.807) is 6.92 Å². The zero-order valence-corrected chi connectivity index (χ0v) is 26.0. The van der Waals surface area contributed by atoms with Gasteiger partial charge in [0.05, 0.1) is 37.9 Å². The maximum absolute atomic E-state index is 12.5. The number of esters is 2. The van der Waals surface area contributed by atoms with Gasteiger partial charge < -0.3 is 47.4 Å². The molecule has 2 saturated heterocycles. The number of fused-ring (bicyclic) bond motifs is 1. The molecule has 14 nitrogen and oxygen atoms in total.